The lowest BCUT2D eigenvalue weighted by Crippen LogP contribution is -2.41. The Morgan fingerprint density at radius 3 is 2.03 bits per heavy atom. The highest BCUT2D eigenvalue weighted by Gasteiger charge is 2.22. The topological polar surface area (TPSA) is 87.3 Å². The van der Waals surface area contributed by atoms with E-state index in [-0.39, 0.29) is 10.9 Å². The summed E-state index contributed by atoms with van der Waals surface area (Å²) in [5.41, 5.74) is 2.65. The molecule has 3 N–H and O–H groups in total. The maximum atomic E-state index is 12.4. The molecule has 0 saturated heterocycles. The molecule has 0 heterocycles. The van der Waals surface area contributed by atoms with Crippen LogP contribution in [0.5, 0.6) is 0 Å². The van der Waals surface area contributed by atoms with Gasteiger partial charge in [-0.1, -0.05) is 41.9 Å². The van der Waals surface area contributed by atoms with Crippen molar-refractivity contribution >= 4 is 38.9 Å². The maximum absolute atomic E-state index is 12.4. The van der Waals surface area contributed by atoms with E-state index in [1.165, 1.54) is 36.8 Å². The molecule has 0 aliphatic carbocycles. The van der Waals surface area contributed by atoms with Gasteiger partial charge in [-0.05, 0) is 67.9 Å². The average Bonchev–Trinajstić information content (AvgIpc) is 2.75. The summed E-state index contributed by atoms with van der Waals surface area (Å²) in [4.78, 5) is 12.5. The molecule has 2 atom stereocenters. The van der Waals surface area contributed by atoms with E-state index in [1.54, 1.807) is 12.1 Å². The van der Waals surface area contributed by atoms with Gasteiger partial charge in [-0.2, -0.15) is 4.72 Å². The number of carbonyl (C=O) groups is 1. The van der Waals surface area contributed by atoms with Gasteiger partial charge in [0.05, 0.1) is 10.9 Å². The first kappa shape index (κ1) is 22.8. The van der Waals surface area contributed by atoms with Crippen molar-refractivity contribution in [1.82, 2.24) is 4.72 Å². The third-order valence-corrected chi connectivity index (χ3v) is 6.49. The summed E-state index contributed by atoms with van der Waals surface area (Å²) in [6.07, 6.45) is 0. The molecule has 1 unspecified atom stereocenters. The summed E-state index contributed by atoms with van der Waals surface area (Å²) < 4.78 is 27.2. The molecule has 3 aromatic carbocycles. The molecule has 0 aliphatic heterocycles. The van der Waals surface area contributed by atoms with E-state index in [0.29, 0.717) is 10.7 Å². The summed E-state index contributed by atoms with van der Waals surface area (Å²) in [6, 6.07) is 22.2. The standard InChI is InChI=1S/C23H24ClN3O3S/c1-16(18-6-4-3-5-7-18)25-20-10-12-21(13-11-20)26-23(28)17(2)27-31(29,30)22-14-8-19(24)9-15-22/h3-17,25,27H,1-2H3,(H,26,28)/t16?,17-/m0/s1. The zero-order chi connectivity index (χ0) is 22.4. The molecule has 0 saturated carbocycles. The molecule has 3 aromatic rings. The normalized spacial score (nSPS) is 13.3. The molecule has 0 bridgehead atoms. The molecule has 1 amide bonds. The predicted molar refractivity (Wildman–Crippen MR) is 125 cm³/mol. The number of sulfonamides is 1. The highest BCUT2D eigenvalue weighted by atomic mass is 35.5. The number of hydrogen-bond acceptors (Lipinski definition) is 4. The van der Waals surface area contributed by atoms with E-state index < -0.39 is 22.0 Å². The number of nitrogens with one attached hydrogen (secondary N) is 3. The third kappa shape index (κ3) is 6.30. The summed E-state index contributed by atoms with van der Waals surface area (Å²) in [7, 11) is -3.84. The van der Waals surface area contributed by atoms with Crippen LogP contribution in [-0.2, 0) is 14.8 Å². The Labute approximate surface area is 187 Å². The molecule has 3 rings (SSSR count). The first-order valence-electron chi connectivity index (χ1n) is 9.75. The van der Waals surface area contributed by atoms with Crippen LogP contribution in [0.25, 0.3) is 0 Å². The smallest absolute Gasteiger partial charge is 0.242 e. The lowest BCUT2D eigenvalue weighted by atomic mass is 10.1. The second kappa shape index (κ2) is 9.96. The van der Waals surface area contributed by atoms with Crippen molar-refractivity contribution in [2.45, 2.75) is 30.8 Å². The molecule has 0 fully saturated rings. The maximum Gasteiger partial charge on any atom is 0.242 e. The summed E-state index contributed by atoms with van der Waals surface area (Å²) in [6.45, 7) is 3.56. The largest absolute Gasteiger partial charge is 0.379 e. The zero-order valence-electron chi connectivity index (χ0n) is 17.2. The van der Waals surface area contributed by atoms with Gasteiger partial charge in [-0.25, -0.2) is 8.42 Å². The number of halogens is 1. The number of amides is 1. The van der Waals surface area contributed by atoms with Crippen LogP contribution in [0.3, 0.4) is 0 Å². The Bertz CT molecular complexity index is 1120. The van der Waals surface area contributed by atoms with Crippen LogP contribution in [0.1, 0.15) is 25.5 Å². The van der Waals surface area contributed by atoms with Gasteiger partial charge < -0.3 is 10.6 Å². The van der Waals surface area contributed by atoms with Gasteiger partial charge >= 0.3 is 0 Å². The molecule has 0 radical (unpaired) electrons. The monoisotopic (exact) mass is 457 g/mol. The minimum atomic E-state index is -3.84. The van der Waals surface area contributed by atoms with E-state index in [1.807, 2.05) is 30.3 Å². The van der Waals surface area contributed by atoms with Crippen molar-refractivity contribution in [3.05, 3.63) is 89.4 Å². The van der Waals surface area contributed by atoms with Crippen LogP contribution in [0.15, 0.2) is 83.8 Å². The molecule has 31 heavy (non-hydrogen) atoms. The van der Waals surface area contributed by atoms with Crippen molar-refractivity contribution in [3.63, 3.8) is 0 Å². The first-order valence-corrected chi connectivity index (χ1v) is 11.6. The molecule has 8 heteroatoms. The van der Waals surface area contributed by atoms with Crippen molar-refractivity contribution < 1.29 is 13.2 Å². The quantitative estimate of drug-likeness (QED) is 0.452. The van der Waals surface area contributed by atoms with Crippen LogP contribution in [0, 0.1) is 0 Å². The van der Waals surface area contributed by atoms with Gasteiger partial charge in [-0.15, -0.1) is 0 Å². The van der Waals surface area contributed by atoms with Crippen molar-refractivity contribution in [2.24, 2.45) is 0 Å². The van der Waals surface area contributed by atoms with Crippen LogP contribution in [0.4, 0.5) is 11.4 Å². The predicted octanol–water partition coefficient (Wildman–Crippen LogP) is 4.82. The Hall–Kier alpha value is -2.87. The van der Waals surface area contributed by atoms with Crippen LogP contribution in [0.2, 0.25) is 5.02 Å². The summed E-state index contributed by atoms with van der Waals surface area (Å²) in [5, 5.41) is 6.55. The van der Waals surface area contributed by atoms with Gasteiger partial charge in [-0.3, -0.25) is 4.79 Å². The van der Waals surface area contributed by atoms with Crippen LogP contribution in [-0.4, -0.2) is 20.4 Å². The number of rotatable bonds is 8. The number of anilines is 2. The van der Waals surface area contributed by atoms with Gasteiger partial charge in [0.15, 0.2) is 0 Å². The average molecular weight is 458 g/mol. The molecular formula is C23H24ClN3O3S. The van der Waals surface area contributed by atoms with Gasteiger partial charge in [0.25, 0.3) is 0 Å². The van der Waals surface area contributed by atoms with Gasteiger partial charge in [0, 0.05) is 22.4 Å². The van der Waals surface area contributed by atoms with Gasteiger partial charge in [0.2, 0.25) is 15.9 Å². The summed E-state index contributed by atoms with van der Waals surface area (Å²) >= 11 is 5.79. The zero-order valence-corrected chi connectivity index (χ0v) is 18.7. The fourth-order valence-corrected chi connectivity index (χ4v) is 4.27. The molecule has 6 nitrogen and oxygen atoms in total. The highest BCUT2D eigenvalue weighted by Crippen LogP contribution is 2.21. The van der Waals surface area contributed by atoms with E-state index in [9.17, 15) is 13.2 Å². The van der Waals surface area contributed by atoms with E-state index in [4.69, 9.17) is 11.6 Å². The third-order valence-electron chi connectivity index (χ3n) is 4.68. The Morgan fingerprint density at radius 1 is 0.839 bits per heavy atom. The van der Waals surface area contributed by atoms with Crippen molar-refractivity contribution in [1.29, 1.82) is 0 Å². The molecule has 0 aromatic heterocycles. The van der Waals surface area contributed by atoms with Crippen molar-refractivity contribution in [3.8, 4) is 0 Å². The lowest BCUT2D eigenvalue weighted by Gasteiger charge is -2.17. The fraction of sp³-hybridized carbons (Fsp3) is 0.174. The van der Waals surface area contributed by atoms with E-state index >= 15 is 0 Å². The number of hydrogen-bond donors (Lipinski definition) is 3. The minimum absolute atomic E-state index is 0.0412. The fourth-order valence-electron chi connectivity index (χ4n) is 2.94. The Morgan fingerprint density at radius 2 is 1.42 bits per heavy atom. The lowest BCUT2D eigenvalue weighted by molar-refractivity contribution is -0.117. The second-order valence-electron chi connectivity index (χ2n) is 7.14. The molecule has 162 valence electrons. The number of benzene rings is 3. The molecule has 0 aliphatic rings. The molecular weight excluding hydrogens is 434 g/mol. The van der Waals surface area contributed by atoms with E-state index in [2.05, 4.69) is 34.4 Å². The number of carbonyl (C=O) groups excluding carboxylic acids is 1. The Kier molecular flexibility index (Phi) is 7.33. The van der Waals surface area contributed by atoms with Gasteiger partial charge in [0.1, 0.15) is 0 Å². The first-order chi connectivity index (χ1) is 14.7. The second-order valence-corrected chi connectivity index (χ2v) is 9.29. The summed E-state index contributed by atoms with van der Waals surface area (Å²) in [5.74, 6) is -0.462. The van der Waals surface area contributed by atoms with E-state index in [0.717, 1.165) is 5.69 Å². The molecule has 0 spiro atoms. The highest BCUT2D eigenvalue weighted by molar-refractivity contribution is 7.89. The van der Waals surface area contributed by atoms with Crippen molar-refractivity contribution in [2.75, 3.05) is 10.6 Å². The minimum Gasteiger partial charge on any atom is -0.379 e. The van der Waals surface area contributed by atoms with Crippen LogP contribution < -0.4 is 15.4 Å². The van der Waals surface area contributed by atoms with Crippen LogP contribution >= 0.6 is 11.6 Å². The SMILES string of the molecule is CC(Nc1ccc(NC(=O)[C@H](C)NS(=O)(=O)c2ccc(Cl)cc2)cc1)c1ccccc1. The Balaban J connectivity index is 1.58.